The molecular formula is C20H40IN3O2. The van der Waals surface area contributed by atoms with Gasteiger partial charge in [-0.2, -0.15) is 0 Å². The average molecular weight is 481 g/mol. The van der Waals surface area contributed by atoms with E-state index in [2.05, 4.69) is 17.6 Å². The first kappa shape index (κ1) is 24.0. The van der Waals surface area contributed by atoms with Gasteiger partial charge in [0, 0.05) is 40.0 Å². The second-order valence-electron chi connectivity index (χ2n) is 8.18. The summed E-state index contributed by atoms with van der Waals surface area (Å²) in [5.41, 5.74) is 0.597. The minimum atomic E-state index is 0. The smallest absolute Gasteiger partial charge is 0.191 e. The number of aliphatic imine (C=N–C) groups is 1. The number of halogens is 1. The molecule has 0 bridgehead atoms. The number of hydrogen-bond donors (Lipinski definition) is 3. The van der Waals surface area contributed by atoms with E-state index in [1.165, 1.54) is 51.4 Å². The van der Waals surface area contributed by atoms with Crippen LogP contribution in [0.2, 0.25) is 0 Å². The van der Waals surface area contributed by atoms with Gasteiger partial charge in [-0.05, 0) is 56.3 Å². The van der Waals surface area contributed by atoms with Crippen LogP contribution >= 0.6 is 24.0 Å². The first-order chi connectivity index (χ1) is 12.2. The molecule has 6 heteroatoms. The molecule has 0 aromatic rings. The van der Waals surface area contributed by atoms with E-state index in [9.17, 15) is 5.11 Å². The van der Waals surface area contributed by atoms with Crippen molar-refractivity contribution < 1.29 is 9.84 Å². The third-order valence-corrected chi connectivity index (χ3v) is 6.35. The molecule has 3 N–H and O–H groups in total. The largest absolute Gasteiger partial charge is 0.396 e. The normalized spacial score (nSPS) is 21.4. The second-order valence-corrected chi connectivity index (χ2v) is 8.18. The highest BCUT2D eigenvalue weighted by atomic mass is 127. The van der Waals surface area contributed by atoms with Crippen LogP contribution < -0.4 is 10.6 Å². The van der Waals surface area contributed by atoms with Gasteiger partial charge in [-0.1, -0.05) is 25.7 Å². The maximum Gasteiger partial charge on any atom is 0.191 e. The van der Waals surface area contributed by atoms with Gasteiger partial charge < -0.3 is 20.5 Å². The van der Waals surface area contributed by atoms with Crippen LogP contribution in [0.5, 0.6) is 0 Å². The average Bonchev–Trinajstić information content (AvgIpc) is 2.59. The Balaban J connectivity index is 0.00000338. The highest BCUT2D eigenvalue weighted by Gasteiger charge is 2.36. The van der Waals surface area contributed by atoms with Gasteiger partial charge in [0.25, 0.3) is 0 Å². The van der Waals surface area contributed by atoms with E-state index in [1.54, 1.807) is 7.11 Å². The fourth-order valence-electron chi connectivity index (χ4n) is 4.40. The van der Waals surface area contributed by atoms with Crippen molar-refractivity contribution >= 4 is 29.9 Å². The summed E-state index contributed by atoms with van der Waals surface area (Å²) in [7, 11) is 1.79. The second kappa shape index (κ2) is 12.4. The monoisotopic (exact) mass is 481 g/mol. The Bertz CT molecular complexity index is 402. The number of rotatable bonds is 10. The van der Waals surface area contributed by atoms with Gasteiger partial charge in [0.2, 0.25) is 0 Å². The summed E-state index contributed by atoms with van der Waals surface area (Å²) in [4.78, 5) is 4.92. The minimum Gasteiger partial charge on any atom is -0.396 e. The Kier molecular flexibility index (Phi) is 11.4. The standard InChI is InChI=1S/C20H39N3O2.HI/c1-3-21-18(23-17-20(10-7-11-20)13-15-25-2)22-16-19(12-14-24)8-5-4-6-9-19;/h24H,3-17H2,1-2H3,(H2,21,22,23);1H. The summed E-state index contributed by atoms with van der Waals surface area (Å²) in [6.07, 6.45) is 12.2. The maximum atomic E-state index is 9.49. The van der Waals surface area contributed by atoms with E-state index in [4.69, 9.17) is 9.73 Å². The molecule has 0 amide bonds. The molecule has 154 valence electrons. The molecule has 26 heavy (non-hydrogen) atoms. The Morgan fingerprint density at radius 2 is 1.69 bits per heavy atom. The Morgan fingerprint density at radius 1 is 1.00 bits per heavy atom. The zero-order valence-electron chi connectivity index (χ0n) is 16.8. The van der Waals surface area contributed by atoms with Gasteiger partial charge in [0.1, 0.15) is 0 Å². The van der Waals surface area contributed by atoms with E-state index in [1.807, 2.05) is 0 Å². The first-order valence-electron chi connectivity index (χ1n) is 10.3. The zero-order chi connectivity index (χ0) is 18.0. The van der Waals surface area contributed by atoms with Crippen molar-refractivity contribution in [2.24, 2.45) is 15.8 Å². The van der Waals surface area contributed by atoms with E-state index in [-0.39, 0.29) is 36.0 Å². The molecule has 5 nitrogen and oxygen atoms in total. The molecule has 0 unspecified atom stereocenters. The Labute approximate surface area is 177 Å². The van der Waals surface area contributed by atoms with Crippen LogP contribution in [0.1, 0.15) is 71.1 Å². The van der Waals surface area contributed by atoms with Crippen LogP contribution in [0.4, 0.5) is 0 Å². The maximum absolute atomic E-state index is 9.49. The molecule has 0 radical (unpaired) electrons. The van der Waals surface area contributed by atoms with E-state index >= 15 is 0 Å². The molecule has 0 saturated heterocycles. The van der Waals surface area contributed by atoms with Crippen molar-refractivity contribution in [3.05, 3.63) is 0 Å². The summed E-state index contributed by atoms with van der Waals surface area (Å²) in [6, 6.07) is 0. The molecule has 0 aromatic carbocycles. The quantitative estimate of drug-likeness (QED) is 0.253. The van der Waals surface area contributed by atoms with Gasteiger partial charge in [-0.3, -0.25) is 4.99 Å². The van der Waals surface area contributed by atoms with E-state index in [0.717, 1.165) is 45.0 Å². The van der Waals surface area contributed by atoms with Gasteiger partial charge in [-0.25, -0.2) is 0 Å². The van der Waals surface area contributed by atoms with Crippen molar-refractivity contribution in [2.45, 2.75) is 71.1 Å². The van der Waals surface area contributed by atoms with Crippen molar-refractivity contribution in [3.8, 4) is 0 Å². The van der Waals surface area contributed by atoms with Gasteiger partial charge >= 0.3 is 0 Å². The number of methoxy groups -OCH3 is 1. The lowest BCUT2D eigenvalue weighted by atomic mass is 9.67. The molecule has 2 aliphatic carbocycles. The molecule has 2 rings (SSSR count). The summed E-state index contributed by atoms with van der Waals surface area (Å²) in [6.45, 7) is 5.92. The topological polar surface area (TPSA) is 65.9 Å². The lowest BCUT2D eigenvalue weighted by molar-refractivity contribution is 0.0732. The molecule has 0 aliphatic heterocycles. The number of ether oxygens (including phenoxy) is 1. The molecule has 2 fully saturated rings. The van der Waals surface area contributed by atoms with Crippen LogP contribution in [0, 0.1) is 10.8 Å². The molecule has 2 aliphatic rings. The SMILES string of the molecule is CCNC(=NCC1(CCO)CCCCC1)NCC1(CCOC)CCC1.I. The lowest BCUT2D eigenvalue weighted by Gasteiger charge is -2.42. The van der Waals surface area contributed by atoms with Crippen LogP contribution in [0.25, 0.3) is 0 Å². The number of guanidine groups is 1. The summed E-state index contributed by atoms with van der Waals surface area (Å²) >= 11 is 0. The third kappa shape index (κ3) is 7.15. The molecule has 2 saturated carbocycles. The Hall–Kier alpha value is -0.0800. The molecule has 0 spiro atoms. The summed E-state index contributed by atoms with van der Waals surface area (Å²) < 4.78 is 5.30. The van der Waals surface area contributed by atoms with Crippen LogP contribution in [0.15, 0.2) is 4.99 Å². The fraction of sp³-hybridized carbons (Fsp3) is 0.950. The fourth-order valence-corrected chi connectivity index (χ4v) is 4.40. The van der Waals surface area contributed by atoms with Crippen molar-refractivity contribution in [3.63, 3.8) is 0 Å². The van der Waals surface area contributed by atoms with Crippen molar-refractivity contribution in [2.75, 3.05) is 40.0 Å². The predicted octanol–water partition coefficient (Wildman–Crippen LogP) is 3.70. The first-order valence-corrected chi connectivity index (χ1v) is 10.3. The zero-order valence-corrected chi connectivity index (χ0v) is 19.1. The number of nitrogens with zero attached hydrogens (tertiary/aromatic N) is 1. The predicted molar refractivity (Wildman–Crippen MR) is 119 cm³/mol. The third-order valence-electron chi connectivity index (χ3n) is 6.35. The van der Waals surface area contributed by atoms with Gasteiger partial charge in [-0.15, -0.1) is 24.0 Å². The van der Waals surface area contributed by atoms with E-state index in [0.29, 0.717) is 5.41 Å². The number of aliphatic hydroxyl groups is 1. The van der Waals surface area contributed by atoms with Crippen molar-refractivity contribution in [1.82, 2.24) is 10.6 Å². The number of aliphatic hydroxyl groups excluding tert-OH is 1. The minimum absolute atomic E-state index is 0. The van der Waals surface area contributed by atoms with Gasteiger partial charge in [0.15, 0.2) is 5.96 Å². The number of nitrogens with one attached hydrogen (secondary N) is 2. The highest BCUT2D eigenvalue weighted by Crippen LogP contribution is 2.43. The Morgan fingerprint density at radius 3 is 2.23 bits per heavy atom. The number of hydrogen-bond acceptors (Lipinski definition) is 3. The summed E-state index contributed by atoms with van der Waals surface area (Å²) in [5.74, 6) is 0.939. The van der Waals surface area contributed by atoms with Crippen LogP contribution in [-0.2, 0) is 4.74 Å². The van der Waals surface area contributed by atoms with E-state index < -0.39 is 0 Å². The summed E-state index contributed by atoms with van der Waals surface area (Å²) in [5, 5.41) is 16.5. The highest BCUT2D eigenvalue weighted by molar-refractivity contribution is 14.0. The molecule has 0 atom stereocenters. The van der Waals surface area contributed by atoms with Crippen LogP contribution in [-0.4, -0.2) is 51.0 Å². The van der Waals surface area contributed by atoms with Crippen molar-refractivity contribution in [1.29, 1.82) is 0 Å². The molecular weight excluding hydrogens is 441 g/mol. The van der Waals surface area contributed by atoms with Gasteiger partial charge in [0.05, 0.1) is 0 Å². The molecule has 0 heterocycles. The lowest BCUT2D eigenvalue weighted by Crippen LogP contribution is -2.47. The molecule has 0 aromatic heterocycles. The van der Waals surface area contributed by atoms with Crippen LogP contribution in [0.3, 0.4) is 0 Å².